The summed E-state index contributed by atoms with van der Waals surface area (Å²) in [5.74, 6) is 0.259. The third kappa shape index (κ3) is 1.24. The maximum Gasteiger partial charge on any atom is 0.173 e. The first-order valence-electron chi connectivity index (χ1n) is 2.60. The third-order valence-corrected chi connectivity index (χ3v) is 2.87. The third-order valence-electron chi connectivity index (χ3n) is 1.32. The van der Waals surface area contributed by atoms with Gasteiger partial charge in [0.25, 0.3) is 0 Å². The van der Waals surface area contributed by atoms with Crippen LogP contribution in [0, 0.1) is 0 Å². The second kappa shape index (κ2) is 1.73. The quantitative estimate of drug-likeness (QED) is 0.477. The molecule has 0 unspecified atom stereocenters. The summed E-state index contributed by atoms with van der Waals surface area (Å²) >= 11 is 0. The van der Waals surface area contributed by atoms with E-state index in [4.69, 9.17) is 0 Å². The Morgan fingerprint density at radius 3 is 2.33 bits per heavy atom. The van der Waals surface area contributed by atoms with Crippen LogP contribution in [0.1, 0.15) is 0 Å². The minimum Gasteiger partial charge on any atom is -0.364 e. The van der Waals surface area contributed by atoms with Crippen molar-refractivity contribution >= 4 is 9.84 Å². The van der Waals surface area contributed by atoms with Crippen molar-refractivity contribution in [1.29, 1.82) is 0 Å². The van der Waals surface area contributed by atoms with E-state index in [0.717, 1.165) is 0 Å². The summed E-state index contributed by atoms with van der Waals surface area (Å²) in [5.41, 5.74) is 0.690. The fourth-order valence-electron chi connectivity index (χ4n) is 0.796. The van der Waals surface area contributed by atoms with Gasteiger partial charge in [0, 0.05) is 12.7 Å². The predicted octanol–water partition coefficient (Wildman–Crippen LogP) is -0.182. The number of hydrogen-bond acceptors (Lipinski definition) is 3. The van der Waals surface area contributed by atoms with Gasteiger partial charge in [-0.1, -0.05) is 6.58 Å². The summed E-state index contributed by atoms with van der Waals surface area (Å²) in [6.45, 7) is 3.58. The molecule has 0 aromatic rings. The fourth-order valence-corrected chi connectivity index (χ4v) is 2.39. The first kappa shape index (κ1) is 6.61. The van der Waals surface area contributed by atoms with Crippen LogP contribution in [-0.2, 0) is 9.84 Å². The van der Waals surface area contributed by atoms with Gasteiger partial charge in [-0.3, -0.25) is 0 Å². The summed E-state index contributed by atoms with van der Waals surface area (Å²) in [4.78, 5) is 1.65. The molecule has 1 aliphatic rings. The highest BCUT2D eigenvalue weighted by Gasteiger charge is 2.24. The van der Waals surface area contributed by atoms with Gasteiger partial charge in [-0.15, -0.1) is 0 Å². The van der Waals surface area contributed by atoms with Gasteiger partial charge in [0.15, 0.2) is 9.84 Å². The maximum absolute atomic E-state index is 10.7. The van der Waals surface area contributed by atoms with Crippen LogP contribution in [0.3, 0.4) is 0 Å². The normalized spacial score (nSPS) is 25.0. The Bertz CT molecular complexity index is 229. The largest absolute Gasteiger partial charge is 0.364 e. The van der Waals surface area contributed by atoms with Crippen LogP contribution in [0.4, 0.5) is 0 Å². The first-order chi connectivity index (χ1) is 4.01. The van der Waals surface area contributed by atoms with Gasteiger partial charge in [-0.25, -0.2) is 8.42 Å². The highest BCUT2D eigenvalue weighted by atomic mass is 32.2. The van der Waals surface area contributed by atoms with Crippen LogP contribution >= 0.6 is 0 Å². The maximum atomic E-state index is 10.7. The van der Waals surface area contributed by atoms with Gasteiger partial charge in [0.1, 0.15) is 5.88 Å². The lowest BCUT2D eigenvalue weighted by Gasteiger charge is -2.06. The molecule has 0 amide bonds. The minimum atomic E-state index is -2.82. The summed E-state index contributed by atoms with van der Waals surface area (Å²) in [6.07, 6.45) is 0. The van der Waals surface area contributed by atoms with Gasteiger partial charge in [0.05, 0.1) is 5.75 Å². The molecule has 0 aliphatic carbocycles. The number of nitrogens with zero attached hydrogens (tertiary/aromatic N) is 1. The van der Waals surface area contributed by atoms with E-state index >= 15 is 0 Å². The molecule has 0 bridgehead atoms. The van der Waals surface area contributed by atoms with Crippen molar-refractivity contribution in [2.45, 2.75) is 0 Å². The molecule has 1 fully saturated rings. The van der Waals surface area contributed by atoms with Crippen LogP contribution in [0.2, 0.25) is 0 Å². The molecule has 9 heavy (non-hydrogen) atoms. The lowest BCUT2D eigenvalue weighted by molar-refractivity contribution is 0.504. The van der Waals surface area contributed by atoms with Gasteiger partial charge >= 0.3 is 0 Å². The molecule has 0 radical (unpaired) electrons. The van der Waals surface area contributed by atoms with Crippen molar-refractivity contribution in [2.75, 3.05) is 18.7 Å². The van der Waals surface area contributed by atoms with E-state index in [1.807, 2.05) is 0 Å². The molecular formula is C5H9NO2S. The van der Waals surface area contributed by atoms with Crippen molar-refractivity contribution in [2.24, 2.45) is 0 Å². The topological polar surface area (TPSA) is 37.4 Å². The number of hydrogen-bond donors (Lipinski definition) is 0. The second-order valence-corrected chi connectivity index (χ2v) is 4.32. The smallest absolute Gasteiger partial charge is 0.173 e. The van der Waals surface area contributed by atoms with Crippen molar-refractivity contribution < 1.29 is 8.42 Å². The number of sulfone groups is 1. The molecule has 52 valence electrons. The lowest BCUT2D eigenvalue weighted by atomic mass is 10.5. The molecule has 1 rings (SSSR count). The molecule has 1 heterocycles. The van der Waals surface area contributed by atoms with Crippen LogP contribution in [0.5, 0.6) is 0 Å². The Balaban J connectivity index is 2.90. The highest BCUT2D eigenvalue weighted by molar-refractivity contribution is 7.91. The molecule has 0 spiro atoms. The predicted molar refractivity (Wildman–Crippen MR) is 35.6 cm³/mol. The molecular weight excluding hydrogens is 138 g/mol. The molecule has 0 aromatic heterocycles. The first-order valence-corrected chi connectivity index (χ1v) is 4.43. The van der Waals surface area contributed by atoms with Crippen molar-refractivity contribution in [3.63, 3.8) is 0 Å². The second-order valence-electron chi connectivity index (χ2n) is 2.28. The van der Waals surface area contributed by atoms with Gasteiger partial charge < -0.3 is 4.90 Å². The van der Waals surface area contributed by atoms with Crippen molar-refractivity contribution in [1.82, 2.24) is 4.90 Å². The average molecular weight is 147 g/mol. The summed E-state index contributed by atoms with van der Waals surface area (Å²) in [6, 6.07) is 0. The zero-order chi connectivity index (χ0) is 7.07. The Labute approximate surface area is 54.9 Å². The van der Waals surface area contributed by atoms with Gasteiger partial charge in [0.2, 0.25) is 0 Å². The molecule has 1 aliphatic heterocycles. The fraction of sp³-hybridized carbons (Fsp3) is 0.600. The number of rotatable bonds is 0. The molecule has 0 aromatic carbocycles. The zero-order valence-corrected chi connectivity index (χ0v) is 6.11. The van der Waals surface area contributed by atoms with Gasteiger partial charge in [-0.2, -0.15) is 0 Å². The molecule has 4 heteroatoms. The Morgan fingerprint density at radius 2 is 2.22 bits per heavy atom. The van der Waals surface area contributed by atoms with Crippen LogP contribution in [0.15, 0.2) is 12.3 Å². The van der Waals surface area contributed by atoms with E-state index in [1.165, 1.54) is 0 Å². The van der Waals surface area contributed by atoms with E-state index in [9.17, 15) is 8.42 Å². The van der Waals surface area contributed by atoms with Crippen molar-refractivity contribution in [3.05, 3.63) is 12.3 Å². The van der Waals surface area contributed by atoms with Gasteiger partial charge in [-0.05, 0) is 0 Å². The minimum absolute atomic E-state index is 0.128. The van der Waals surface area contributed by atoms with Crippen LogP contribution in [0.25, 0.3) is 0 Å². The van der Waals surface area contributed by atoms with E-state index in [1.54, 1.807) is 11.9 Å². The lowest BCUT2D eigenvalue weighted by Crippen LogP contribution is -2.12. The molecule has 0 atom stereocenters. The molecule has 0 N–H and O–H groups in total. The van der Waals surface area contributed by atoms with E-state index in [-0.39, 0.29) is 11.6 Å². The summed E-state index contributed by atoms with van der Waals surface area (Å²) < 4.78 is 21.5. The highest BCUT2D eigenvalue weighted by Crippen LogP contribution is 2.13. The van der Waals surface area contributed by atoms with E-state index in [2.05, 4.69) is 6.58 Å². The zero-order valence-electron chi connectivity index (χ0n) is 5.29. The van der Waals surface area contributed by atoms with E-state index in [0.29, 0.717) is 5.70 Å². The summed E-state index contributed by atoms with van der Waals surface area (Å²) in [5, 5.41) is 0. The SMILES string of the molecule is C=C1CS(=O)(=O)CN1C. The van der Waals surface area contributed by atoms with Crippen LogP contribution < -0.4 is 0 Å². The molecule has 0 saturated carbocycles. The summed E-state index contributed by atoms with van der Waals surface area (Å²) in [7, 11) is -1.09. The molecule has 1 saturated heterocycles. The Morgan fingerprint density at radius 1 is 1.67 bits per heavy atom. The van der Waals surface area contributed by atoms with Crippen molar-refractivity contribution in [3.8, 4) is 0 Å². The monoisotopic (exact) mass is 147 g/mol. The Hall–Kier alpha value is -0.510. The van der Waals surface area contributed by atoms with Crippen LogP contribution in [-0.4, -0.2) is 32.0 Å². The standard InChI is InChI=1S/C5H9NO2S/c1-5-3-9(7,8)4-6(5)2/h1,3-4H2,2H3. The van der Waals surface area contributed by atoms with E-state index < -0.39 is 9.84 Å². The Kier molecular flexibility index (Phi) is 1.27. The average Bonchev–Trinajstić information content (AvgIpc) is 1.79. The molecule has 3 nitrogen and oxygen atoms in total.